The van der Waals surface area contributed by atoms with Gasteiger partial charge in [0.1, 0.15) is 10.6 Å². The van der Waals surface area contributed by atoms with Gasteiger partial charge in [-0.25, -0.2) is 8.42 Å². The summed E-state index contributed by atoms with van der Waals surface area (Å²) in [5.41, 5.74) is 1.64. The van der Waals surface area contributed by atoms with Crippen molar-refractivity contribution in [3.05, 3.63) is 76.7 Å². The highest BCUT2D eigenvalue weighted by molar-refractivity contribution is 7.89. The van der Waals surface area contributed by atoms with Crippen molar-refractivity contribution < 1.29 is 13.2 Å². The largest absolute Gasteiger partial charge is 0.492 e. The Hall–Kier alpha value is -2.22. The van der Waals surface area contributed by atoms with E-state index in [1.54, 1.807) is 41.8 Å². The number of para-hydroxylation sites is 1. The zero-order valence-corrected chi connectivity index (χ0v) is 16.0. The average molecular weight is 389 g/mol. The molecule has 0 saturated heterocycles. The van der Waals surface area contributed by atoms with E-state index in [0.29, 0.717) is 18.1 Å². The van der Waals surface area contributed by atoms with Crippen LogP contribution in [0.3, 0.4) is 0 Å². The highest BCUT2D eigenvalue weighted by atomic mass is 32.2. The van der Waals surface area contributed by atoms with Crippen LogP contribution < -0.4 is 4.74 Å². The molecule has 0 radical (unpaired) electrons. The maximum atomic E-state index is 13.4. The molecule has 0 aliphatic heterocycles. The number of benzene rings is 1. The highest BCUT2D eigenvalue weighted by Gasteiger charge is 2.28. The third-order valence-electron chi connectivity index (χ3n) is 3.77. The van der Waals surface area contributed by atoms with E-state index in [1.165, 1.54) is 4.31 Å². The summed E-state index contributed by atoms with van der Waals surface area (Å²) in [7, 11) is -3.76. The van der Waals surface area contributed by atoms with Gasteiger partial charge in [-0.05, 0) is 53.6 Å². The fourth-order valence-electron chi connectivity index (χ4n) is 2.56. The molecule has 0 saturated carbocycles. The lowest BCUT2D eigenvalue weighted by Gasteiger charge is -2.23. The van der Waals surface area contributed by atoms with Crippen LogP contribution in [-0.4, -0.2) is 24.3 Å². The van der Waals surface area contributed by atoms with Crippen LogP contribution in [0.4, 0.5) is 0 Å². The van der Waals surface area contributed by atoms with Gasteiger partial charge >= 0.3 is 0 Å². The minimum absolute atomic E-state index is 0.174. The van der Waals surface area contributed by atoms with Crippen LogP contribution in [0, 0.1) is 0 Å². The summed E-state index contributed by atoms with van der Waals surface area (Å²) in [6.07, 6.45) is 1.67. The van der Waals surface area contributed by atoms with Crippen molar-refractivity contribution in [1.82, 2.24) is 9.29 Å². The maximum Gasteiger partial charge on any atom is 0.247 e. The molecule has 1 aromatic carbocycles. The number of rotatable bonds is 8. The first-order valence-corrected chi connectivity index (χ1v) is 10.6. The van der Waals surface area contributed by atoms with Gasteiger partial charge in [-0.3, -0.25) is 4.98 Å². The number of thiophene rings is 1. The molecule has 0 amide bonds. The van der Waals surface area contributed by atoms with Crippen LogP contribution in [0.25, 0.3) is 0 Å². The summed E-state index contributed by atoms with van der Waals surface area (Å²) in [5.74, 6) is 0.367. The Morgan fingerprint density at radius 2 is 1.88 bits per heavy atom. The molecule has 0 atom stereocenters. The van der Waals surface area contributed by atoms with Crippen LogP contribution in [0.15, 0.2) is 70.4 Å². The predicted molar refractivity (Wildman–Crippen MR) is 103 cm³/mol. The smallest absolute Gasteiger partial charge is 0.247 e. The lowest BCUT2D eigenvalue weighted by Crippen LogP contribution is -2.30. The summed E-state index contributed by atoms with van der Waals surface area (Å²) >= 11 is 1.54. The topological polar surface area (TPSA) is 59.5 Å². The molecular weight excluding hydrogens is 368 g/mol. The summed E-state index contributed by atoms with van der Waals surface area (Å²) < 4.78 is 33.7. The molecule has 7 heteroatoms. The first kappa shape index (κ1) is 18.6. The van der Waals surface area contributed by atoms with Crippen molar-refractivity contribution in [2.45, 2.75) is 24.9 Å². The molecule has 2 aromatic heterocycles. The lowest BCUT2D eigenvalue weighted by atomic mass is 10.3. The minimum Gasteiger partial charge on any atom is -0.492 e. The number of nitrogens with zero attached hydrogens (tertiary/aromatic N) is 2. The molecule has 5 nitrogen and oxygen atoms in total. The van der Waals surface area contributed by atoms with Crippen molar-refractivity contribution in [2.24, 2.45) is 0 Å². The molecule has 0 spiro atoms. The number of hydrogen-bond donors (Lipinski definition) is 0. The number of pyridine rings is 1. The van der Waals surface area contributed by atoms with Crippen molar-refractivity contribution in [2.75, 3.05) is 6.61 Å². The molecule has 3 rings (SSSR count). The van der Waals surface area contributed by atoms with E-state index in [9.17, 15) is 8.42 Å². The third-order valence-corrected chi connectivity index (χ3v) is 6.33. The first-order valence-electron chi connectivity index (χ1n) is 8.24. The van der Waals surface area contributed by atoms with Crippen LogP contribution >= 0.6 is 11.3 Å². The lowest BCUT2D eigenvalue weighted by molar-refractivity contribution is 0.327. The molecule has 0 aliphatic carbocycles. The predicted octanol–water partition coefficient (Wildman–Crippen LogP) is 3.93. The third kappa shape index (κ3) is 4.30. The van der Waals surface area contributed by atoms with Crippen LogP contribution in [0.2, 0.25) is 0 Å². The molecule has 0 aliphatic rings. The van der Waals surface area contributed by atoms with Crippen LogP contribution in [0.1, 0.15) is 18.2 Å². The second kappa shape index (κ2) is 8.44. The van der Waals surface area contributed by atoms with Gasteiger partial charge in [-0.1, -0.05) is 18.2 Å². The average Bonchev–Trinajstić information content (AvgIpc) is 3.16. The quantitative estimate of drug-likeness (QED) is 0.587. The Balaban J connectivity index is 1.99. The minimum atomic E-state index is -3.76. The van der Waals surface area contributed by atoms with Crippen molar-refractivity contribution >= 4 is 21.4 Å². The molecule has 0 N–H and O–H groups in total. The number of ether oxygens (including phenoxy) is 1. The normalized spacial score (nSPS) is 11.6. The van der Waals surface area contributed by atoms with E-state index in [2.05, 4.69) is 4.98 Å². The summed E-state index contributed by atoms with van der Waals surface area (Å²) in [4.78, 5) is 4.45. The summed E-state index contributed by atoms with van der Waals surface area (Å²) in [6.45, 7) is 2.71. The molecule has 3 aromatic rings. The van der Waals surface area contributed by atoms with E-state index in [-0.39, 0.29) is 18.0 Å². The Bertz CT molecular complexity index is 926. The molecule has 136 valence electrons. The molecule has 0 bridgehead atoms. The van der Waals surface area contributed by atoms with Crippen molar-refractivity contribution in [3.8, 4) is 5.75 Å². The zero-order chi connectivity index (χ0) is 18.4. The van der Waals surface area contributed by atoms with E-state index < -0.39 is 10.0 Å². The van der Waals surface area contributed by atoms with E-state index >= 15 is 0 Å². The zero-order valence-electron chi connectivity index (χ0n) is 14.4. The Morgan fingerprint density at radius 1 is 1.08 bits per heavy atom. The Labute approximate surface area is 157 Å². The second-order valence-corrected chi connectivity index (χ2v) is 8.29. The standard InChI is InChI=1S/C19H20N2O3S2/c1-2-24-18-8-3-4-9-19(18)26(22,23)21(13-16-10-12-25-15-16)14-17-7-5-6-11-20-17/h3-12,15H,2,13-14H2,1H3. The van der Waals surface area contributed by atoms with Crippen molar-refractivity contribution in [3.63, 3.8) is 0 Å². The number of aromatic nitrogens is 1. The molecule has 0 unspecified atom stereocenters. The fourth-order valence-corrected chi connectivity index (χ4v) is 4.75. The second-order valence-electron chi connectivity index (χ2n) is 5.61. The molecule has 0 fully saturated rings. The SMILES string of the molecule is CCOc1ccccc1S(=O)(=O)N(Cc1ccsc1)Cc1ccccn1. The van der Waals surface area contributed by atoms with E-state index in [0.717, 1.165) is 5.56 Å². The number of hydrogen-bond acceptors (Lipinski definition) is 5. The van der Waals surface area contributed by atoms with Crippen LogP contribution in [0.5, 0.6) is 5.75 Å². The molecule has 2 heterocycles. The van der Waals surface area contributed by atoms with Gasteiger partial charge in [0.15, 0.2) is 0 Å². The van der Waals surface area contributed by atoms with Gasteiger partial charge in [-0.2, -0.15) is 15.6 Å². The summed E-state index contributed by atoms with van der Waals surface area (Å²) in [6, 6.07) is 14.2. The monoisotopic (exact) mass is 388 g/mol. The first-order chi connectivity index (χ1) is 12.6. The van der Waals surface area contributed by atoms with E-state index in [4.69, 9.17) is 4.74 Å². The Kier molecular flexibility index (Phi) is 6.03. The molecular formula is C19H20N2O3S2. The maximum absolute atomic E-state index is 13.4. The number of sulfonamides is 1. The van der Waals surface area contributed by atoms with Gasteiger partial charge in [0.2, 0.25) is 10.0 Å². The Morgan fingerprint density at radius 3 is 2.58 bits per heavy atom. The molecule has 26 heavy (non-hydrogen) atoms. The van der Waals surface area contributed by atoms with Gasteiger partial charge < -0.3 is 4.74 Å². The van der Waals surface area contributed by atoms with Gasteiger partial charge in [-0.15, -0.1) is 0 Å². The highest BCUT2D eigenvalue weighted by Crippen LogP contribution is 2.29. The van der Waals surface area contributed by atoms with Crippen molar-refractivity contribution in [1.29, 1.82) is 0 Å². The van der Waals surface area contributed by atoms with Gasteiger partial charge in [0.25, 0.3) is 0 Å². The summed E-state index contributed by atoms with van der Waals surface area (Å²) in [5, 5.41) is 3.89. The van der Waals surface area contributed by atoms with Gasteiger partial charge in [0.05, 0.1) is 18.8 Å². The van der Waals surface area contributed by atoms with Crippen LogP contribution in [-0.2, 0) is 23.1 Å². The van der Waals surface area contributed by atoms with E-state index in [1.807, 2.05) is 41.9 Å². The van der Waals surface area contributed by atoms with Gasteiger partial charge in [0, 0.05) is 12.7 Å². The fraction of sp³-hybridized carbons (Fsp3) is 0.211.